The summed E-state index contributed by atoms with van der Waals surface area (Å²) < 4.78 is 0. The van der Waals surface area contributed by atoms with Gasteiger partial charge in [-0.05, 0) is 0 Å². The maximum atomic E-state index is 5.01. The third-order valence-corrected chi connectivity index (χ3v) is 0. The van der Waals surface area contributed by atoms with Crippen LogP contribution in [0.2, 0.25) is 0 Å². The molecule has 0 heterocycles. The molecule has 0 nitrogen and oxygen atoms in total. The van der Waals surface area contributed by atoms with Gasteiger partial charge in [-0.1, -0.05) is 0 Å². The minimum Gasteiger partial charge on any atom is 0 e. The molecule has 0 atom stereocenters. The summed E-state index contributed by atoms with van der Waals surface area (Å²) >= 11 is -3.06. The normalized spacial score (nSPS) is 10.9. The second kappa shape index (κ2) is 7.49. The monoisotopic (exact) mass is 383 g/mol. The van der Waals surface area contributed by atoms with Crippen LogP contribution in [0, 0.1) is 0 Å². The Bertz CT molecular complexity index is 25.2. The topological polar surface area (TPSA) is 0 Å². The zero-order valence-electron chi connectivity index (χ0n) is 3.24. The molecule has 0 aliphatic heterocycles. The van der Waals surface area contributed by atoms with Crippen molar-refractivity contribution < 1.29 is 11.9 Å². The van der Waals surface area contributed by atoms with Crippen molar-refractivity contribution in [3.63, 3.8) is 0 Å². The van der Waals surface area contributed by atoms with Crippen molar-refractivity contribution in [3.05, 3.63) is 0 Å². The molecule has 0 aromatic rings. The first-order valence-electron chi connectivity index (χ1n) is 0.478. The first kappa shape index (κ1) is 16.8. The predicted octanol–water partition coefficient (Wildman–Crippen LogP) is 1.99. The molecule has 7 heteroatoms. The van der Waals surface area contributed by atoms with Crippen molar-refractivity contribution in [2.45, 2.75) is 0 Å². The Hall–Kier alpha value is 3.38. The molecule has 7 heavy (non-hydrogen) atoms. The first-order valence-corrected chi connectivity index (χ1v) is 11.7. The van der Waals surface area contributed by atoms with Gasteiger partial charge < -0.3 is 0 Å². The Morgan fingerprint density at radius 1 is 0.714 bits per heavy atom. The Kier molecular flexibility index (Phi) is 17.9. The van der Waals surface area contributed by atoms with Crippen LogP contribution >= 0.6 is 37.7 Å². The molecule has 42 valence electrons. The molecule has 0 aliphatic carbocycles. The van der Waals surface area contributed by atoms with E-state index in [4.69, 9.17) is 37.7 Å². The van der Waals surface area contributed by atoms with Crippen molar-refractivity contribution in [3.8, 4) is 0 Å². The van der Waals surface area contributed by atoms with Gasteiger partial charge in [-0.15, -0.1) is 0 Å². The Morgan fingerprint density at radius 3 is 0.714 bits per heavy atom. The summed E-state index contributed by atoms with van der Waals surface area (Å²) in [5.41, 5.74) is 0. The van der Waals surface area contributed by atoms with E-state index in [1.54, 1.807) is 0 Å². The van der Waals surface area contributed by atoms with E-state index >= 15 is 0 Å². The number of rotatable bonds is 0. The van der Waals surface area contributed by atoms with Gasteiger partial charge in [0.05, 0.1) is 0 Å². The van der Waals surface area contributed by atoms with Gasteiger partial charge in [0.15, 0.2) is 0 Å². The van der Waals surface area contributed by atoms with E-state index in [9.17, 15) is 0 Å². The quantitative estimate of drug-likeness (QED) is 0.560. The van der Waals surface area contributed by atoms with E-state index in [1.165, 1.54) is 0 Å². The molecule has 0 aromatic heterocycles. The van der Waals surface area contributed by atoms with Crippen LogP contribution in [0.3, 0.4) is 0 Å². The minimum absolute atomic E-state index is 0. The molecule has 0 aliphatic rings. The third-order valence-electron chi connectivity index (χ3n) is 0. The van der Waals surface area contributed by atoms with Crippen molar-refractivity contribution in [2.75, 3.05) is 0 Å². The number of hydrogen-bond acceptors (Lipinski definition) is 0. The third kappa shape index (κ3) is 44.7. The molecule has 0 amide bonds. The number of hydrogen-bond donors (Lipinski definition) is 0. The van der Waals surface area contributed by atoms with Gasteiger partial charge in [-0.2, -0.15) is 0 Å². The van der Waals surface area contributed by atoms with Crippen LogP contribution < -0.4 is 0 Å². The average molecular weight is 386 g/mol. The summed E-state index contributed by atoms with van der Waals surface area (Å²) in [6, 6.07) is 0. The fourth-order valence-corrected chi connectivity index (χ4v) is 0. The first-order chi connectivity index (χ1) is 2.00. The van der Waals surface area contributed by atoms with E-state index in [-0.39, 0.29) is 46.1 Å². The van der Waals surface area contributed by atoms with Gasteiger partial charge in [0.2, 0.25) is 0 Å². The molecular weight excluding hydrogens is 386 g/mol. The SMILES string of the molecule is [Cl][Pt]([Cl])([Cl])[Cl].[Mg].[Mg]. The molecule has 0 rings (SSSR count). The van der Waals surface area contributed by atoms with Crippen LogP contribution in [-0.2, 0) is 11.9 Å². The fraction of sp³-hybridized carbons (Fsp3) is 0. The molecule has 0 bridgehead atoms. The van der Waals surface area contributed by atoms with E-state index in [0.717, 1.165) is 0 Å². The molecule has 0 saturated heterocycles. The Balaban J connectivity index is -0.0000000800. The van der Waals surface area contributed by atoms with Gasteiger partial charge in [0, 0.05) is 46.1 Å². The summed E-state index contributed by atoms with van der Waals surface area (Å²) in [6.45, 7) is 0. The van der Waals surface area contributed by atoms with E-state index in [1.807, 2.05) is 0 Å². The van der Waals surface area contributed by atoms with Crippen LogP contribution in [0.25, 0.3) is 0 Å². The standard InChI is InChI=1S/4ClH.2Mg.Pt/h4*1H;;;/q;;;;;;+4/p-4. The maximum Gasteiger partial charge on any atom is 0 e. The van der Waals surface area contributed by atoms with Crippen molar-refractivity contribution >= 4 is 83.8 Å². The zero-order chi connectivity index (χ0) is 4.50. The van der Waals surface area contributed by atoms with Crippen LogP contribution in [0.15, 0.2) is 0 Å². The van der Waals surface area contributed by atoms with Gasteiger partial charge in [-0.3, -0.25) is 0 Å². The van der Waals surface area contributed by atoms with Gasteiger partial charge >= 0.3 is 49.6 Å². The molecule has 4 radical (unpaired) electrons. The summed E-state index contributed by atoms with van der Waals surface area (Å²) in [7, 11) is 20.0. The molecule has 0 spiro atoms. The molecule has 0 aromatic carbocycles. The Morgan fingerprint density at radius 2 is 0.714 bits per heavy atom. The molecule has 0 N–H and O–H groups in total. The van der Waals surface area contributed by atoms with Crippen LogP contribution in [-0.4, -0.2) is 46.1 Å². The molecule has 0 saturated carbocycles. The van der Waals surface area contributed by atoms with Crippen molar-refractivity contribution in [1.82, 2.24) is 0 Å². The molecule has 0 fully saturated rings. The zero-order valence-corrected chi connectivity index (χ0v) is 11.4. The van der Waals surface area contributed by atoms with E-state index in [0.29, 0.717) is 0 Å². The van der Waals surface area contributed by atoms with Crippen LogP contribution in [0.4, 0.5) is 0 Å². The average Bonchev–Trinajstić information content (AvgIpc) is 0.722. The molecular formula is Cl4Mg2Pt. The van der Waals surface area contributed by atoms with Gasteiger partial charge in [-0.25, -0.2) is 0 Å². The van der Waals surface area contributed by atoms with E-state index in [2.05, 4.69) is 0 Å². The summed E-state index contributed by atoms with van der Waals surface area (Å²) in [5, 5.41) is 0. The fourth-order valence-electron chi connectivity index (χ4n) is 0. The minimum atomic E-state index is -3.06. The summed E-state index contributed by atoms with van der Waals surface area (Å²) in [5.74, 6) is 0. The van der Waals surface area contributed by atoms with Crippen LogP contribution in [0.5, 0.6) is 0 Å². The van der Waals surface area contributed by atoms with Gasteiger partial charge in [0.25, 0.3) is 0 Å². The van der Waals surface area contributed by atoms with Crippen LogP contribution in [0.1, 0.15) is 0 Å². The smallest absolute Gasteiger partial charge is 0 e. The molecule has 0 unspecified atom stereocenters. The van der Waals surface area contributed by atoms with Crippen molar-refractivity contribution in [2.24, 2.45) is 0 Å². The Labute approximate surface area is 93.8 Å². The largest absolute Gasteiger partial charge is 0 e. The number of halogens is 4. The predicted molar refractivity (Wildman–Crippen MR) is 34.9 cm³/mol. The maximum absolute atomic E-state index is 5.01. The van der Waals surface area contributed by atoms with E-state index < -0.39 is 11.9 Å². The summed E-state index contributed by atoms with van der Waals surface area (Å²) in [4.78, 5) is 0. The van der Waals surface area contributed by atoms with Gasteiger partial charge in [0.1, 0.15) is 0 Å². The van der Waals surface area contributed by atoms with Crippen molar-refractivity contribution in [1.29, 1.82) is 0 Å². The second-order valence-corrected chi connectivity index (χ2v) is 20.0. The summed E-state index contributed by atoms with van der Waals surface area (Å²) in [6.07, 6.45) is 0. The second-order valence-electron chi connectivity index (χ2n) is 0.271.